The topological polar surface area (TPSA) is 78.3 Å². The first-order valence-corrected chi connectivity index (χ1v) is 7.98. The van der Waals surface area contributed by atoms with E-state index in [2.05, 4.69) is 15.2 Å². The zero-order chi connectivity index (χ0) is 18.1. The van der Waals surface area contributed by atoms with E-state index in [0.29, 0.717) is 22.7 Å². The van der Waals surface area contributed by atoms with Crippen molar-refractivity contribution in [3.63, 3.8) is 0 Å². The van der Waals surface area contributed by atoms with Crippen LogP contribution in [-0.2, 0) is 0 Å². The van der Waals surface area contributed by atoms with E-state index in [1.807, 2.05) is 42.6 Å². The van der Waals surface area contributed by atoms with Crippen LogP contribution in [0.25, 0.3) is 28.1 Å². The van der Waals surface area contributed by atoms with E-state index >= 15 is 0 Å². The second-order valence-corrected chi connectivity index (χ2v) is 5.83. The smallest absolute Gasteiger partial charge is 0.293 e. The Morgan fingerprint density at radius 2 is 1.92 bits per heavy atom. The number of hydrogen-bond acceptors (Lipinski definition) is 5. The Morgan fingerprint density at radius 3 is 2.77 bits per heavy atom. The molecule has 3 heterocycles. The highest BCUT2D eigenvalue weighted by Crippen LogP contribution is 2.28. The lowest BCUT2D eigenvalue weighted by molar-refractivity contribution is -0.0315. The number of fused-ring (bicyclic) bond motifs is 2. The molecule has 26 heavy (non-hydrogen) atoms. The van der Waals surface area contributed by atoms with Gasteiger partial charge in [-0.05, 0) is 24.3 Å². The number of nitrogens with two attached hydrogens (primary N) is 1. The number of nitrogens with zero attached hydrogens (tertiary/aromatic N) is 4. The summed E-state index contributed by atoms with van der Waals surface area (Å²) in [6.45, 7) is -1.58. The van der Waals surface area contributed by atoms with Crippen molar-refractivity contribution in [1.29, 1.82) is 0 Å². The van der Waals surface area contributed by atoms with Crippen LogP contribution in [0.4, 0.5) is 8.78 Å². The van der Waals surface area contributed by atoms with Gasteiger partial charge in [0, 0.05) is 11.6 Å². The van der Waals surface area contributed by atoms with E-state index < -0.39 is 19.1 Å². The van der Waals surface area contributed by atoms with Gasteiger partial charge in [0.15, 0.2) is 18.1 Å². The number of pyridine rings is 2. The SMILES string of the molecule is NCC(F)(F)COc1cccc2ccc(-c3nnc4ccccn34)nc12. The Labute approximate surface area is 147 Å². The maximum absolute atomic E-state index is 13.4. The second-order valence-electron chi connectivity index (χ2n) is 5.83. The lowest BCUT2D eigenvalue weighted by atomic mass is 10.2. The third-order valence-electron chi connectivity index (χ3n) is 3.96. The number of benzene rings is 1. The molecule has 0 aliphatic heterocycles. The number of alkyl halides is 2. The van der Waals surface area contributed by atoms with E-state index in [4.69, 9.17) is 10.5 Å². The molecule has 4 aromatic rings. The van der Waals surface area contributed by atoms with Crippen LogP contribution in [-0.4, -0.2) is 38.7 Å². The third-order valence-corrected chi connectivity index (χ3v) is 3.96. The number of aromatic nitrogens is 4. The average molecular weight is 355 g/mol. The fourth-order valence-corrected chi connectivity index (χ4v) is 2.62. The molecule has 0 spiro atoms. The lowest BCUT2D eigenvalue weighted by Crippen LogP contribution is -2.34. The van der Waals surface area contributed by atoms with Crippen molar-refractivity contribution in [1.82, 2.24) is 19.6 Å². The number of rotatable bonds is 5. The molecule has 0 saturated heterocycles. The fourth-order valence-electron chi connectivity index (χ4n) is 2.62. The molecule has 0 unspecified atom stereocenters. The fraction of sp³-hybridized carbons (Fsp3) is 0.167. The van der Waals surface area contributed by atoms with Gasteiger partial charge in [0.05, 0.1) is 6.54 Å². The lowest BCUT2D eigenvalue weighted by Gasteiger charge is -2.15. The van der Waals surface area contributed by atoms with Crippen molar-refractivity contribution in [2.24, 2.45) is 5.73 Å². The molecule has 0 amide bonds. The van der Waals surface area contributed by atoms with Crippen LogP contribution in [0.5, 0.6) is 5.75 Å². The van der Waals surface area contributed by atoms with Crippen molar-refractivity contribution in [3.05, 3.63) is 54.7 Å². The number of hydrogen-bond donors (Lipinski definition) is 1. The predicted octanol–water partition coefficient (Wildman–Crippen LogP) is 2.92. The van der Waals surface area contributed by atoms with Crippen molar-refractivity contribution < 1.29 is 13.5 Å². The largest absolute Gasteiger partial charge is 0.485 e. The summed E-state index contributed by atoms with van der Waals surface area (Å²) in [5.74, 6) is -2.26. The summed E-state index contributed by atoms with van der Waals surface area (Å²) in [7, 11) is 0. The van der Waals surface area contributed by atoms with Gasteiger partial charge in [0.1, 0.15) is 17.0 Å². The maximum Gasteiger partial charge on any atom is 0.293 e. The maximum atomic E-state index is 13.4. The van der Waals surface area contributed by atoms with Gasteiger partial charge in [-0.1, -0.05) is 24.3 Å². The molecule has 8 heteroatoms. The molecular formula is C18H15F2N5O. The van der Waals surface area contributed by atoms with E-state index in [0.717, 1.165) is 5.39 Å². The van der Waals surface area contributed by atoms with E-state index in [1.165, 1.54) is 0 Å². The predicted molar refractivity (Wildman–Crippen MR) is 93.2 cm³/mol. The third kappa shape index (κ3) is 2.95. The molecule has 4 rings (SSSR count). The van der Waals surface area contributed by atoms with E-state index in [-0.39, 0.29) is 5.75 Å². The Bertz CT molecular complexity index is 1080. The Morgan fingerprint density at radius 1 is 1.04 bits per heavy atom. The first kappa shape index (κ1) is 16.3. The monoisotopic (exact) mass is 355 g/mol. The van der Waals surface area contributed by atoms with Crippen molar-refractivity contribution in [2.45, 2.75) is 5.92 Å². The second kappa shape index (κ2) is 6.30. The number of halogens is 2. The van der Waals surface area contributed by atoms with Crippen LogP contribution in [0.3, 0.4) is 0 Å². The van der Waals surface area contributed by atoms with Crippen LogP contribution in [0.15, 0.2) is 54.7 Å². The van der Waals surface area contributed by atoms with Gasteiger partial charge in [-0.2, -0.15) is 0 Å². The number of para-hydroxylation sites is 1. The normalized spacial score (nSPS) is 12.0. The highest BCUT2D eigenvalue weighted by Gasteiger charge is 2.28. The van der Waals surface area contributed by atoms with Gasteiger partial charge in [-0.15, -0.1) is 10.2 Å². The molecule has 0 fully saturated rings. The molecular weight excluding hydrogens is 340 g/mol. The standard InChI is InChI=1S/C18H15F2N5O/c19-18(20,10-21)11-26-14-5-3-4-12-7-8-13(22-16(12)14)17-24-23-15-6-1-2-9-25(15)17/h1-9H,10-11,21H2. The Balaban J connectivity index is 1.78. The first-order chi connectivity index (χ1) is 12.6. The molecule has 0 bridgehead atoms. The highest BCUT2D eigenvalue weighted by atomic mass is 19.3. The molecule has 0 saturated carbocycles. The van der Waals surface area contributed by atoms with Crippen molar-refractivity contribution >= 4 is 16.6 Å². The number of ether oxygens (including phenoxy) is 1. The van der Waals surface area contributed by atoms with Crippen LogP contribution in [0, 0.1) is 0 Å². The minimum atomic E-state index is -3.09. The van der Waals surface area contributed by atoms with Crippen LogP contribution in [0.2, 0.25) is 0 Å². The van der Waals surface area contributed by atoms with E-state index in [1.54, 1.807) is 16.5 Å². The Kier molecular flexibility index (Phi) is 3.96. The quantitative estimate of drug-likeness (QED) is 0.595. The van der Waals surface area contributed by atoms with Crippen LogP contribution < -0.4 is 10.5 Å². The van der Waals surface area contributed by atoms with Gasteiger partial charge >= 0.3 is 0 Å². The summed E-state index contributed by atoms with van der Waals surface area (Å²) < 4.78 is 34.0. The molecule has 6 nitrogen and oxygen atoms in total. The molecule has 0 radical (unpaired) electrons. The molecule has 0 atom stereocenters. The average Bonchev–Trinajstić information content (AvgIpc) is 3.10. The van der Waals surface area contributed by atoms with Gasteiger partial charge < -0.3 is 10.5 Å². The molecule has 1 aromatic carbocycles. The van der Waals surface area contributed by atoms with Gasteiger partial charge in [0.25, 0.3) is 5.92 Å². The molecule has 0 aliphatic rings. The van der Waals surface area contributed by atoms with Crippen molar-refractivity contribution in [3.8, 4) is 17.3 Å². The summed E-state index contributed by atoms with van der Waals surface area (Å²) in [5, 5.41) is 9.05. The summed E-state index contributed by atoms with van der Waals surface area (Å²) in [6, 6.07) is 14.4. The summed E-state index contributed by atoms with van der Waals surface area (Å²) in [4.78, 5) is 4.57. The highest BCUT2D eigenvalue weighted by molar-refractivity contribution is 5.86. The zero-order valence-electron chi connectivity index (χ0n) is 13.6. The minimum absolute atomic E-state index is 0.270. The molecule has 132 valence electrons. The van der Waals surface area contributed by atoms with Gasteiger partial charge in [-0.3, -0.25) is 4.40 Å². The molecule has 3 aromatic heterocycles. The molecule has 2 N–H and O–H groups in total. The first-order valence-electron chi connectivity index (χ1n) is 7.98. The van der Waals surface area contributed by atoms with Crippen LogP contribution in [0.1, 0.15) is 0 Å². The van der Waals surface area contributed by atoms with Gasteiger partial charge in [-0.25, -0.2) is 13.8 Å². The van der Waals surface area contributed by atoms with Crippen LogP contribution >= 0.6 is 0 Å². The Hall–Kier alpha value is -3.13. The summed E-state index contributed by atoms with van der Waals surface area (Å²) in [5.41, 5.74) is 6.80. The zero-order valence-corrected chi connectivity index (χ0v) is 13.6. The van der Waals surface area contributed by atoms with Gasteiger partial charge in [0.2, 0.25) is 0 Å². The summed E-state index contributed by atoms with van der Waals surface area (Å²) in [6.07, 6.45) is 1.83. The minimum Gasteiger partial charge on any atom is -0.485 e. The van der Waals surface area contributed by atoms with Crippen molar-refractivity contribution in [2.75, 3.05) is 13.2 Å². The van der Waals surface area contributed by atoms with E-state index in [9.17, 15) is 8.78 Å². The summed E-state index contributed by atoms with van der Waals surface area (Å²) >= 11 is 0. The molecule has 0 aliphatic carbocycles.